The third kappa shape index (κ3) is 22.5. The number of aliphatic hydroxyl groups excluding tert-OH is 2. The molecule has 18 nitrogen and oxygen atoms in total. The molecule has 10 rings (SSSR count). The normalized spacial score (nSPS) is 17.6. The maximum Gasteiger partial charge on any atom is 0.336 e. The number of halogens is 6. The number of rotatable bonds is 22. The third-order valence-corrected chi connectivity index (χ3v) is 16.2. The van der Waals surface area contributed by atoms with Crippen molar-refractivity contribution < 1.29 is 68.0 Å². The van der Waals surface area contributed by atoms with E-state index < -0.39 is 23.8 Å². The summed E-state index contributed by atoms with van der Waals surface area (Å²) in [5, 5.41) is 36.8. The minimum atomic E-state index is -1.02. The van der Waals surface area contributed by atoms with Crippen molar-refractivity contribution in [1.29, 1.82) is 0 Å². The topological polar surface area (TPSA) is 237 Å². The van der Waals surface area contributed by atoms with E-state index in [1.165, 1.54) is 6.20 Å². The van der Waals surface area contributed by atoms with Gasteiger partial charge in [0.15, 0.2) is 0 Å². The molecule has 0 spiro atoms. The van der Waals surface area contributed by atoms with E-state index in [1.807, 2.05) is 72.8 Å². The van der Waals surface area contributed by atoms with Crippen molar-refractivity contribution in [2.45, 2.75) is 102 Å². The van der Waals surface area contributed by atoms with E-state index in [1.54, 1.807) is 78.4 Å². The number of aliphatic carboxylic acids is 1. The molecule has 0 unspecified atom stereocenters. The summed E-state index contributed by atoms with van der Waals surface area (Å²) in [5.74, 6) is 1.43. The molecule has 0 saturated carbocycles. The van der Waals surface area contributed by atoms with Crippen LogP contribution in [0.5, 0.6) is 23.0 Å². The zero-order valence-corrected chi connectivity index (χ0v) is 55.6. The number of hydrogen-bond acceptors (Lipinski definition) is 15. The van der Waals surface area contributed by atoms with Crippen molar-refractivity contribution in [3.63, 3.8) is 0 Å². The molecule has 92 heavy (non-hydrogen) atoms. The van der Waals surface area contributed by atoms with Crippen LogP contribution in [0.15, 0.2) is 156 Å². The van der Waals surface area contributed by atoms with Crippen LogP contribution in [-0.4, -0.2) is 140 Å². The lowest BCUT2D eigenvalue weighted by Gasteiger charge is -2.35. The SMILES string of the molecule is CC1=C(C(=O)O)[C@H](c2ccc(Cl)nc2)CC(=O)N1C[C@H]1CCCO1.CC1=C(C(=O)OCc2ccccc2OCCCl)[C@H](c2ccc(Cl)nc2)CC(=O)N1C[C@H]1CCCO1.ClCCOc1ccccc1CCl.OCc1ccccc1O.OCc1ccccc1OCCCl. The number of carbonyl (C=O) groups excluding carboxylic acids is 3. The van der Waals surface area contributed by atoms with Crippen LogP contribution >= 0.6 is 69.6 Å². The summed E-state index contributed by atoms with van der Waals surface area (Å²) in [6.45, 7) is 6.95. The minimum Gasteiger partial charge on any atom is -0.508 e. The Labute approximate surface area is 566 Å². The third-order valence-electron chi connectivity index (χ3n) is 15.0. The molecule has 4 aromatic carbocycles. The highest BCUT2D eigenvalue weighted by Gasteiger charge is 2.40. The average Bonchev–Trinajstić information content (AvgIpc) is 0.901. The van der Waals surface area contributed by atoms with E-state index in [4.69, 9.17) is 113 Å². The molecule has 2 amide bonds. The maximum absolute atomic E-state index is 13.5. The number of esters is 1. The molecule has 4 N–H and O–H groups in total. The van der Waals surface area contributed by atoms with Gasteiger partial charge in [-0.3, -0.25) is 9.59 Å². The molecule has 0 radical (unpaired) electrons. The van der Waals surface area contributed by atoms with Crippen LogP contribution in [0, 0.1) is 0 Å². The number of para-hydroxylation sites is 4. The number of hydrogen-bond donors (Lipinski definition) is 4. The highest BCUT2D eigenvalue weighted by Crippen LogP contribution is 2.39. The summed E-state index contributed by atoms with van der Waals surface area (Å²) < 4.78 is 33.4. The van der Waals surface area contributed by atoms with Gasteiger partial charge in [0, 0.05) is 83.9 Å². The Balaban J connectivity index is 0.000000202. The summed E-state index contributed by atoms with van der Waals surface area (Å²) in [4.78, 5) is 62.4. The molecular formula is C68H76Cl6N4O14. The molecule has 4 atom stereocenters. The molecular weight excluding hydrogens is 1310 g/mol. The van der Waals surface area contributed by atoms with E-state index in [2.05, 4.69) is 9.97 Å². The second-order valence-electron chi connectivity index (χ2n) is 21.0. The Morgan fingerprint density at radius 3 is 1.38 bits per heavy atom. The Morgan fingerprint density at radius 1 is 0.565 bits per heavy atom. The first-order valence-corrected chi connectivity index (χ1v) is 32.7. The van der Waals surface area contributed by atoms with Crippen molar-refractivity contribution in [1.82, 2.24) is 19.8 Å². The number of benzene rings is 4. The van der Waals surface area contributed by atoms with E-state index in [0.717, 1.165) is 53.7 Å². The van der Waals surface area contributed by atoms with Gasteiger partial charge in [-0.1, -0.05) is 108 Å². The number of ether oxygens (including phenoxy) is 6. The monoisotopic (exact) mass is 1380 g/mol. The van der Waals surface area contributed by atoms with Crippen LogP contribution in [-0.2, 0) is 59.1 Å². The van der Waals surface area contributed by atoms with Gasteiger partial charge in [-0.2, -0.15) is 0 Å². The Bertz CT molecular complexity index is 3320. The minimum absolute atomic E-state index is 0.00153. The van der Waals surface area contributed by atoms with E-state index in [9.17, 15) is 24.3 Å². The predicted molar refractivity (Wildman–Crippen MR) is 355 cm³/mol. The number of aliphatic hydroxyl groups is 2. The largest absolute Gasteiger partial charge is 0.508 e. The number of phenols is 1. The standard InChI is InChI=1S/C26H28Cl2N2O5.C17H19ClN2O4.C9H10Cl2O.C9H11ClO2.C7H8O2/c1-17-25(26(32)35-16-19-5-2-3-7-22(19)34-12-10-27)21(18-8-9-23(28)29-14-18)13-24(31)30(17)15-20-6-4-11-33-20;1-10-16(17(22)23)13(11-4-5-14(18)19-8-11)7-15(21)20(10)9-12-3-2-6-24-12;2*10-5-6-12-9-4-2-1-3-8(9)7-11;8-5-6-3-1-2-4-7(6)9/h2-3,5,7-9,14,20-21H,4,6,10-13,15-16H2,1H3;4-5,8,12-13H,2-3,6-7,9H2,1H3,(H,22,23);1-4H,5-7H2;1-4,11H,5-7H2;1-4,8-9H,5H2/t20-,21+;12-,13+;;;/m11.../s1. The zero-order valence-electron chi connectivity index (χ0n) is 51.1. The number of alkyl halides is 4. The molecule has 2 saturated heterocycles. The van der Waals surface area contributed by atoms with Crippen LogP contribution in [0.1, 0.15) is 97.6 Å². The van der Waals surface area contributed by atoms with Crippen molar-refractivity contribution in [2.24, 2.45) is 0 Å². The number of carbonyl (C=O) groups is 4. The lowest BCUT2D eigenvalue weighted by Crippen LogP contribution is -2.42. The Hall–Kier alpha value is -6.68. The molecule has 6 heterocycles. The van der Waals surface area contributed by atoms with Crippen LogP contribution < -0.4 is 14.2 Å². The first kappa shape index (κ1) is 74.4. The summed E-state index contributed by atoms with van der Waals surface area (Å²) >= 11 is 34.2. The van der Waals surface area contributed by atoms with Gasteiger partial charge in [-0.15, -0.1) is 46.4 Å². The lowest BCUT2D eigenvalue weighted by atomic mass is 9.84. The predicted octanol–water partition coefficient (Wildman–Crippen LogP) is 13.2. The van der Waals surface area contributed by atoms with Gasteiger partial charge < -0.3 is 58.6 Å². The highest BCUT2D eigenvalue weighted by molar-refractivity contribution is 6.29. The number of carboxylic acid groups (broad SMARTS) is 1. The Morgan fingerprint density at radius 2 is 0.978 bits per heavy atom. The van der Waals surface area contributed by atoms with Crippen LogP contribution in [0.25, 0.3) is 0 Å². The number of amides is 2. The molecule has 0 bridgehead atoms. The highest BCUT2D eigenvalue weighted by atomic mass is 35.5. The summed E-state index contributed by atoms with van der Waals surface area (Å²) in [5.41, 5.74) is 6.24. The summed E-state index contributed by atoms with van der Waals surface area (Å²) in [6, 6.07) is 35.9. The molecule has 494 valence electrons. The van der Waals surface area contributed by atoms with Gasteiger partial charge in [0.05, 0.1) is 73.2 Å². The second kappa shape index (κ2) is 39.8. The van der Waals surface area contributed by atoms with E-state index in [-0.39, 0.29) is 68.0 Å². The van der Waals surface area contributed by atoms with Gasteiger partial charge in [0.25, 0.3) is 0 Å². The quantitative estimate of drug-likeness (QED) is 0.0281. The number of carboxylic acids is 1. The Kier molecular flexibility index (Phi) is 32.1. The van der Waals surface area contributed by atoms with Crippen LogP contribution in [0.3, 0.4) is 0 Å². The van der Waals surface area contributed by atoms with Gasteiger partial charge >= 0.3 is 11.9 Å². The number of allylic oxidation sites excluding steroid dienone is 2. The molecule has 4 aliphatic heterocycles. The number of nitrogens with zero attached hydrogens (tertiary/aromatic N) is 4. The average molecular weight is 1390 g/mol. The van der Waals surface area contributed by atoms with Gasteiger partial charge in [-0.25, -0.2) is 19.6 Å². The van der Waals surface area contributed by atoms with E-state index in [0.29, 0.717) is 120 Å². The lowest BCUT2D eigenvalue weighted by molar-refractivity contribution is -0.142. The maximum atomic E-state index is 13.5. The van der Waals surface area contributed by atoms with Gasteiger partial charge in [0.1, 0.15) is 59.7 Å². The first-order valence-electron chi connectivity index (χ1n) is 29.8. The molecule has 2 fully saturated rings. The molecule has 24 heteroatoms. The fourth-order valence-electron chi connectivity index (χ4n) is 10.4. The molecule has 2 aromatic heterocycles. The van der Waals surface area contributed by atoms with Crippen molar-refractivity contribution in [2.75, 3.05) is 63.8 Å². The molecule has 0 aliphatic carbocycles. The smallest absolute Gasteiger partial charge is 0.336 e. The van der Waals surface area contributed by atoms with E-state index >= 15 is 0 Å². The van der Waals surface area contributed by atoms with Crippen LogP contribution in [0.4, 0.5) is 0 Å². The summed E-state index contributed by atoms with van der Waals surface area (Å²) in [7, 11) is 0. The second-order valence-corrected chi connectivity index (χ2v) is 23.2. The van der Waals surface area contributed by atoms with Crippen molar-refractivity contribution in [3.8, 4) is 23.0 Å². The fraction of sp³-hybridized carbons (Fsp3) is 0.382. The number of aromatic hydroxyl groups is 1. The van der Waals surface area contributed by atoms with Gasteiger partial charge in [-0.05, 0) is 87.1 Å². The fourth-order valence-corrected chi connectivity index (χ4v) is 11.0. The van der Waals surface area contributed by atoms with Crippen molar-refractivity contribution >= 4 is 93.4 Å². The van der Waals surface area contributed by atoms with Crippen LogP contribution in [0.2, 0.25) is 10.3 Å². The summed E-state index contributed by atoms with van der Waals surface area (Å²) in [6.07, 6.45) is 7.04. The zero-order chi connectivity index (χ0) is 66.4. The molecule has 6 aromatic rings. The number of aromatic nitrogens is 2. The molecule has 4 aliphatic rings. The van der Waals surface area contributed by atoms with Crippen molar-refractivity contribution in [3.05, 3.63) is 200 Å². The van der Waals surface area contributed by atoms with Gasteiger partial charge in [0.2, 0.25) is 11.8 Å². The number of pyridine rings is 2. The first-order chi connectivity index (χ1) is 44.5.